The molecule has 4 atom stereocenters. The molecule has 590 valence electrons. The normalized spacial score (nSPS) is 19.9. The molecule has 1 unspecified atom stereocenters. The van der Waals surface area contributed by atoms with Gasteiger partial charge in [-0.05, 0) is 113 Å². The summed E-state index contributed by atoms with van der Waals surface area (Å²) in [6, 6.07) is 32.0. The van der Waals surface area contributed by atoms with Crippen molar-refractivity contribution in [3.05, 3.63) is 214 Å². The quantitative estimate of drug-likeness (QED) is 0.0318. The predicted molar refractivity (Wildman–Crippen MR) is 410 cm³/mol. The molecule has 7 aliphatic heterocycles. The Morgan fingerprint density at radius 2 is 1.03 bits per heavy atom. The molecule has 3 aromatic heterocycles. The van der Waals surface area contributed by atoms with Gasteiger partial charge in [-0.2, -0.15) is 0 Å². The zero-order valence-electron chi connectivity index (χ0n) is 62.9. The first-order valence-electron chi connectivity index (χ1n) is 35.6. The summed E-state index contributed by atoms with van der Waals surface area (Å²) in [7, 11) is 2.43. The highest BCUT2D eigenvalue weighted by atomic mass is 32.2. The Kier molecular flexibility index (Phi) is 22.2. The van der Waals surface area contributed by atoms with E-state index in [0.717, 1.165) is 39.9 Å². The molecule has 0 aliphatic carbocycles. The third-order valence-corrected chi connectivity index (χ3v) is 20.4. The third-order valence-electron chi connectivity index (χ3n) is 19.7. The third kappa shape index (κ3) is 16.9. The lowest BCUT2D eigenvalue weighted by Crippen LogP contribution is -2.54. The first kappa shape index (κ1) is 79.3. The lowest BCUT2D eigenvalue weighted by Gasteiger charge is -2.27. The molecule has 15 amide bonds. The van der Waals surface area contributed by atoms with E-state index in [0.29, 0.717) is 81.6 Å². The number of imidazole rings is 1. The largest absolute Gasteiger partial charge is 0.497 e. The number of amides is 15. The van der Waals surface area contributed by atoms with Crippen LogP contribution in [0.1, 0.15) is 89.1 Å². The van der Waals surface area contributed by atoms with Gasteiger partial charge in [0.25, 0.3) is 35.4 Å². The van der Waals surface area contributed by atoms with Crippen molar-refractivity contribution in [1.82, 2.24) is 81.5 Å². The van der Waals surface area contributed by atoms with E-state index in [1.165, 1.54) is 62.3 Å². The van der Waals surface area contributed by atoms with E-state index in [2.05, 4.69) is 97.7 Å². The Morgan fingerprint density at radius 1 is 0.534 bits per heavy atom. The Bertz CT molecular complexity index is 5770. The fraction of sp³-hybridized carbons (Fsp3) is 0.247. The zero-order valence-corrected chi connectivity index (χ0v) is 63.7. The number of urea groups is 3. The number of benzene rings is 5. The number of nitrogens with one attached hydrogen (secondary N) is 9. The molecule has 9 N–H and O–H groups in total. The maximum absolute atomic E-state index is 13.1. The summed E-state index contributed by atoms with van der Waals surface area (Å²) >= 11 is 0. The molecule has 116 heavy (non-hydrogen) atoms. The Labute approximate surface area is 662 Å². The highest BCUT2D eigenvalue weighted by molar-refractivity contribution is 7.88. The maximum atomic E-state index is 13.1. The lowest BCUT2D eigenvalue weighted by molar-refractivity contribution is -0.127. The summed E-state index contributed by atoms with van der Waals surface area (Å²) in [5.41, 5.74) is 2.37. The van der Waals surface area contributed by atoms with Gasteiger partial charge in [-0.1, -0.05) is 65.9 Å². The smallest absolute Gasteiger partial charge is 0.323 e. The SMILES string of the molecule is COc1ccc2c(c1)C(=O)N(C[C@@]1(C#Cc3ccc(-c4cnccc4OC)nc3)CC(=O)NC1=O)C2.COc1ccc2c(c1)C(=O)N(C[C@@]1(C#Cc3ccc(-n4cnc(CCNC(C)=O)c4)cc3)NC(=O)NC1=O)C2.COc1ccc2c(c1)C(=O)N(C[C@@]1(C#Cc3ccc(C4(CNS(C)(=O)=O)NC(=O)NC4=O)cc3)NC(=O)NC1=O)C2. The van der Waals surface area contributed by atoms with E-state index >= 15 is 0 Å². The predicted octanol–water partition coefficient (Wildman–Crippen LogP) is 2.21. The van der Waals surface area contributed by atoms with E-state index < -0.39 is 86.2 Å². The van der Waals surface area contributed by atoms with Crippen LogP contribution in [0.4, 0.5) is 14.4 Å². The number of ether oxygens (including phenoxy) is 4. The van der Waals surface area contributed by atoms with Crippen LogP contribution in [-0.4, -0.2) is 192 Å². The van der Waals surface area contributed by atoms with Crippen LogP contribution < -0.4 is 66.2 Å². The van der Waals surface area contributed by atoms with Crippen molar-refractivity contribution in [1.29, 1.82) is 0 Å². The van der Waals surface area contributed by atoms with Gasteiger partial charge < -0.3 is 59.5 Å². The number of carbonyl (C=O) groups excluding carboxylic acids is 12. The van der Waals surface area contributed by atoms with E-state index in [-0.39, 0.29) is 68.3 Å². The summed E-state index contributed by atoms with van der Waals surface area (Å²) < 4.78 is 48.4. The van der Waals surface area contributed by atoms with Gasteiger partial charge in [0.05, 0.1) is 77.5 Å². The van der Waals surface area contributed by atoms with Crippen LogP contribution in [0.25, 0.3) is 16.9 Å². The second-order valence-corrected chi connectivity index (χ2v) is 29.4. The number of fused-ring (bicyclic) bond motifs is 3. The number of pyridine rings is 2. The molecule has 7 aliphatic rings. The summed E-state index contributed by atoms with van der Waals surface area (Å²) in [4.78, 5) is 167. The Hall–Kier alpha value is -14.8. The summed E-state index contributed by atoms with van der Waals surface area (Å²) in [5.74, 6) is 15.9. The first-order valence-corrected chi connectivity index (χ1v) is 37.5. The van der Waals surface area contributed by atoms with Crippen LogP contribution in [0.3, 0.4) is 0 Å². The number of hydrogen-bond acceptors (Lipinski definition) is 21. The van der Waals surface area contributed by atoms with E-state index in [9.17, 15) is 66.0 Å². The van der Waals surface area contributed by atoms with Crippen LogP contribution in [-0.2, 0) is 70.4 Å². The highest BCUT2D eigenvalue weighted by Gasteiger charge is 2.52. The number of aromatic nitrogens is 4. The number of carbonyl (C=O) groups is 12. The monoisotopic (exact) mass is 1590 g/mol. The molecule has 15 rings (SSSR count). The molecule has 35 heteroatoms. The second kappa shape index (κ2) is 32.5. The van der Waals surface area contributed by atoms with Crippen LogP contribution in [0.15, 0.2) is 152 Å². The molecule has 0 saturated carbocycles. The molecule has 34 nitrogen and oxygen atoms in total. The topological polar surface area (TPSA) is 437 Å². The number of nitrogens with zero attached hydrogens (tertiary/aromatic N) is 7. The van der Waals surface area contributed by atoms with Crippen molar-refractivity contribution in [3.63, 3.8) is 0 Å². The zero-order chi connectivity index (χ0) is 82.4. The minimum Gasteiger partial charge on any atom is -0.497 e. The van der Waals surface area contributed by atoms with Gasteiger partial charge in [-0.25, -0.2) is 32.5 Å². The molecular formula is C81H72N16O18S. The van der Waals surface area contributed by atoms with Gasteiger partial charge in [-0.3, -0.25) is 74.4 Å². The second-order valence-electron chi connectivity index (χ2n) is 27.6. The van der Waals surface area contributed by atoms with E-state index in [4.69, 9.17) is 18.9 Å². The van der Waals surface area contributed by atoms with E-state index in [1.807, 2.05) is 35.0 Å². The average Bonchev–Trinajstić information content (AvgIpc) is 1.62. The fourth-order valence-corrected chi connectivity index (χ4v) is 14.2. The van der Waals surface area contributed by atoms with Gasteiger partial charge in [0, 0.05) is 116 Å². The summed E-state index contributed by atoms with van der Waals surface area (Å²) in [6.07, 6.45) is 9.87. The van der Waals surface area contributed by atoms with Gasteiger partial charge >= 0.3 is 18.1 Å². The number of sulfonamides is 1. The lowest BCUT2D eigenvalue weighted by atomic mass is 9.85. The maximum Gasteiger partial charge on any atom is 0.323 e. The molecule has 4 fully saturated rings. The fourth-order valence-electron chi connectivity index (χ4n) is 13.7. The number of methoxy groups -OCH3 is 4. The van der Waals surface area contributed by atoms with Gasteiger partial charge in [0.2, 0.25) is 38.8 Å². The van der Waals surface area contributed by atoms with Gasteiger partial charge in [0.15, 0.2) is 5.54 Å². The molecular weight excluding hydrogens is 1520 g/mol. The molecule has 10 heterocycles. The Balaban J connectivity index is 0.000000152. The molecule has 0 radical (unpaired) electrons. The molecule has 4 saturated heterocycles. The highest BCUT2D eigenvalue weighted by Crippen LogP contribution is 2.36. The van der Waals surface area contributed by atoms with Crippen LogP contribution >= 0.6 is 0 Å². The summed E-state index contributed by atoms with van der Waals surface area (Å²) in [6.45, 7) is 2.03. The molecule has 5 aromatic carbocycles. The van der Waals surface area contributed by atoms with Crippen molar-refractivity contribution in [3.8, 4) is 75.5 Å². The number of imide groups is 4. The molecule has 0 spiro atoms. The number of rotatable bonds is 19. The minimum absolute atomic E-state index is 0.00814. The summed E-state index contributed by atoms with van der Waals surface area (Å²) in [5, 5.41) is 19.2. The minimum atomic E-state index is -3.69. The van der Waals surface area contributed by atoms with Gasteiger partial charge in [-0.15, -0.1) is 0 Å². The molecule has 8 aromatic rings. The van der Waals surface area contributed by atoms with Gasteiger partial charge in [0.1, 0.15) is 28.4 Å². The molecule has 0 bridgehead atoms. The van der Waals surface area contributed by atoms with E-state index in [1.54, 1.807) is 110 Å². The van der Waals surface area contributed by atoms with Crippen molar-refractivity contribution in [2.45, 2.75) is 56.0 Å². The van der Waals surface area contributed by atoms with Crippen molar-refractivity contribution in [2.24, 2.45) is 5.41 Å². The van der Waals surface area contributed by atoms with Crippen LogP contribution in [0.2, 0.25) is 0 Å². The van der Waals surface area contributed by atoms with Crippen molar-refractivity contribution < 1.29 is 84.9 Å². The van der Waals surface area contributed by atoms with Crippen molar-refractivity contribution in [2.75, 3.05) is 67.4 Å². The average molecular weight is 1590 g/mol. The Morgan fingerprint density at radius 3 is 1.48 bits per heavy atom. The standard InChI is InChI=1S/C28H26N6O5.C27H22N4O5.C26H24N6O8S/c1-18(35)29-12-10-21-15-34(17-30-21)22-6-3-19(4-7-22)9-11-28(26(37)31-27(38)32-28)16-33-14-20-5-8-23(39-2)13-24(20)25(33)36;1-35-19-5-4-18-15-31(25(33)20(18)11-19)16-27(12-24(32)30-26(27)34)9-7-17-3-6-22(29-13-17)21-14-28-10-8-23(21)36-2;1-40-18-8-5-16-12-32(20(33)19(16)11-18)14-25(21(34)28-23(36)30-25)10-9-15-3-6-17(7-4-15)26(13-27-41(2,38)39)22(35)29-24(37)31-26/h3-8,13,15,17H,10,12,14,16H2,1-2H3,(H,29,35)(H2,31,32,37,38);3-6,8,10-11,13-14H,12,15-16H2,1-2H3,(H,30,32,34);3-8,11,27H,12-14H2,1-2H3,(H2,28,30,34,36)(H2,29,31,35,37)/t28-;27-;25-,26?/m111/s1. The van der Waals surface area contributed by atoms with Crippen LogP contribution in [0.5, 0.6) is 23.0 Å². The number of hydrogen-bond donors (Lipinski definition) is 9. The van der Waals surface area contributed by atoms with Crippen molar-refractivity contribution >= 4 is 81.3 Å². The first-order chi connectivity index (χ1) is 55.5. The van der Waals surface area contributed by atoms with Crippen LogP contribution in [0, 0.1) is 40.9 Å².